The van der Waals surface area contributed by atoms with Crippen molar-refractivity contribution in [2.24, 2.45) is 0 Å². The molecule has 0 heterocycles. The van der Waals surface area contributed by atoms with E-state index in [1.807, 2.05) is 26.0 Å². The van der Waals surface area contributed by atoms with Gasteiger partial charge in [-0.15, -0.1) is 0 Å². The van der Waals surface area contributed by atoms with Crippen LogP contribution in [0.3, 0.4) is 0 Å². The standard InChI is InChI=1S/C14H17BrO2/c1-9-5-6-11(15)10(2)12(9)14(13(16)17)7-3-4-8-14/h5-6H,3-4,7-8H2,1-2H3,(H,16,17). The molecule has 92 valence electrons. The van der Waals surface area contributed by atoms with E-state index in [1.165, 1.54) is 0 Å². The van der Waals surface area contributed by atoms with Crippen LogP contribution in [-0.2, 0) is 10.2 Å². The third-order valence-corrected chi connectivity index (χ3v) is 4.81. The smallest absolute Gasteiger partial charge is 0.314 e. The Bertz CT molecular complexity index is 460. The number of carboxylic acid groups (broad SMARTS) is 1. The summed E-state index contributed by atoms with van der Waals surface area (Å²) < 4.78 is 1.01. The van der Waals surface area contributed by atoms with E-state index in [-0.39, 0.29) is 0 Å². The minimum absolute atomic E-state index is 0.655. The molecule has 1 aliphatic carbocycles. The summed E-state index contributed by atoms with van der Waals surface area (Å²) in [5.41, 5.74) is 2.54. The van der Waals surface area contributed by atoms with Gasteiger partial charge in [-0.3, -0.25) is 4.79 Å². The van der Waals surface area contributed by atoms with Crippen LogP contribution in [-0.4, -0.2) is 11.1 Å². The predicted molar refractivity (Wildman–Crippen MR) is 71.4 cm³/mol. The molecule has 2 nitrogen and oxygen atoms in total. The maximum atomic E-state index is 11.7. The zero-order valence-electron chi connectivity index (χ0n) is 10.2. The Labute approximate surface area is 110 Å². The molecule has 0 amide bonds. The van der Waals surface area contributed by atoms with Gasteiger partial charge in [0, 0.05) is 4.47 Å². The highest BCUT2D eigenvalue weighted by Gasteiger charge is 2.44. The van der Waals surface area contributed by atoms with Crippen LogP contribution in [0.25, 0.3) is 0 Å². The van der Waals surface area contributed by atoms with Crippen LogP contribution in [0.15, 0.2) is 16.6 Å². The van der Waals surface area contributed by atoms with Gasteiger partial charge in [0.2, 0.25) is 0 Å². The number of hydrogen-bond donors (Lipinski definition) is 1. The molecule has 0 bridgehead atoms. The zero-order chi connectivity index (χ0) is 12.6. The molecule has 1 aromatic rings. The molecule has 1 N–H and O–H groups in total. The Morgan fingerprint density at radius 2 is 1.88 bits per heavy atom. The lowest BCUT2D eigenvalue weighted by Crippen LogP contribution is -2.34. The summed E-state index contributed by atoms with van der Waals surface area (Å²) >= 11 is 3.51. The molecule has 1 aromatic carbocycles. The van der Waals surface area contributed by atoms with Crippen molar-refractivity contribution in [2.45, 2.75) is 44.9 Å². The highest BCUT2D eigenvalue weighted by Crippen LogP contribution is 2.45. The fraction of sp³-hybridized carbons (Fsp3) is 0.500. The van der Waals surface area contributed by atoms with Crippen LogP contribution in [0, 0.1) is 13.8 Å². The lowest BCUT2D eigenvalue weighted by Gasteiger charge is -2.28. The molecule has 0 spiro atoms. The van der Waals surface area contributed by atoms with Crippen molar-refractivity contribution in [3.05, 3.63) is 33.3 Å². The summed E-state index contributed by atoms with van der Waals surface area (Å²) in [5, 5.41) is 9.64. The van der Waals surface area contributed by atoms with Gasteiger partial charge in [-0.1, -0.05) is 34.8 Å². The van der Waals surface area contributed by atoms with E-state index in [1.54, 1.807) is 0 Å². The van der Waals surface area contributed by atoms with Crippen LogP contribution in [0.5, 0.6) is 0 Å². The molecule has 1 saturated carbocycles. The third kappa shape index (κ3) is 1.90. The number of aliphatic carboxylic acids is 1. The first-order chi connectivity index (χ1) is 7.99. The summed E-state index contributed by atoms with van der Waals surface area (Å²) in [5.74, 6) is -0.667. The Hall–Kier alpha value is -0.830. The summed E-state index contributed by atoms with van der Waals surface area (Å²) in [6, 6.07) is 4.01. The highest BCUT2D eigenvalue weighted by atomic mass is 79.9. The monoisotopic (exact) mass is 296 g/mol. The van der Waals surface area contributed by atoms with Crippen molar-refractivity contribution < 1.29 is 9.90 Å². The van der Waals surface area contributed by atoms with E-state index >= 15 is 0 Å². The van der Waals surface area contributed by atoms with E-state index in [9.17, 15) is 9.90 Å². The quantitative estimate of drug-likeness (QED) is 0.897. The minimum atomic E-state index is -0.667. The van der Waals surface area contributed by atoms with Crippen molar-refractivity contribution in [1.29, 1.82) is 0 Å². The first kappa shape index (κ1) is 12.6. The molecular formula is C14H17BrO2. The van der Waals surface area contributed by atoms with E-state index < -0.39 is 11.4 Å². The number of benzene rings is 1. The van der Waals surface area contributed by atoms with Gasteiger partial charge in [0.05, 0.1) is 5.41 Å². The topological polar surface area (TPSA) is 37.3 Å². The van der Waals surface area contributed by atoms with Gasteiger partial charge in [-0.25, -0.2) is 0 Å². The molecule has 1 aliphatic rings. The van der Waals surface area contributed by atoms with Gasteiger partial charge < -0.3 is 5.11 Å². The van der Waals surface area contributed by atoms with Crippen molar-refractivity contribution in [3.63, 3.8) is 0 Å². The normalized spacial score (nSPS) is 18.3. The van der Waals surface area contributed by atoms with E-state index in [4.69, 9.17) is 0 Å². The Morgan fingerprint density at radius 3 is 2.41 bits per heavy atom. The first-order valence-electron chi connectivity index (χ1n) is 5.98. The fourth-order valence-electron chi connectivity index (χ4n) is 3.11. The van der Waals surface area contributed by atoms with Crippen LogP contribution >= 0.6 is 15.9 Å². The Balaban J connectivity index is 2.66. The number of rotatable bonds is 2. The van der Waals surface area contributed by atoms with Gasteiger partial charge in [0.1, 0.15) is 0 Å². The SMILES string of the molecule is Cc1ccc(Br)c(C)c1C1(C(=O)O)CCCC1. The van der Waals surface area contributed by atoms with E-state index in [0.717, 1.165) is 46.8 Å². The summed E-state index contributed by atoms with van der Waals surface area (Å²) in [6.45, 7) is 4.02. The third-order valence-electron chi connectivity index (χ3n) is 3.95. The van der Waals surface area contributed by atoms with Gasteiger partial charge in [-0.05, 0) is 49.4 Å². The zero-order valence-corrected chi connectivity index (χ0v) is 11.8. The van der Waals surface area contributed by atoms with Gasteiger partial charge in [0.15, 0.2) is 0 Å². The van der Waals surface area contributed by atoms with Gasteiger partial charge in [0.25, 0.3) is 0 Å². The van der Waals surface area contributed by atoms with Gasteiger partial charge >= 0.3 is 5.97 Å². The number of carbonyl (C=O) groups is 1. The van der Waals surface area contributed by atoms with Gasteiger partial charge in [-0.2, -0.15) is 0 Å². The second-order valence-corrected chi connectivity index (χ2v) is 5.81. The average Bonchev–Trinajstić information content (AvgIpc) is 2.74. The molecule has 0 aliphatic heterocycles. The Kier molecular flexibility index (Phi) is 3.30. The molecule has 2 rings (SSSR count). The summed E-state index contributed by atoms with van der Waals surface area (Å²) in [6.07, 6.45) is 3.55. The van der Waals surface area contributed by atoms with Crippen LogP contribution in [0.2, 0.25) is 0 Å². The molecule has 1 fully saturated rings. The van der Waals surface area contributed by atoms with Crippen molar-refractivity contribution in [1.82, 2.24) is 0 Å². The maximum Gasteiger partial charge on any atom is 0.314 e. The molecule has 0 radical (unpaired) electrons. The molecule has 17 heavy (non-hydrogen) atoms. The molecule has 3 heteroatoms. The number of hydrogen-bond acceptors (Lipinski definition) is 1. The van der Waals surface area contributed by atoms with Crippen molar-refractivity contribution in [2.75, 3.05) is 0 Å². The number of aryl methyl sites for hydroxylation is 1. The largest absolute Gasteiger partial charge is 0.481 e. The van der Waals surface area contributed by atoms with E-state index in [0.29, 0.717) is 0 Å². The number of halogens is 1. The molecular weight excluding hydrogens is 280 g/mol. The van der Waals surface area contributed by atoms with Crippen molar-refractivity contribution >= 4 is 21.9 Å². The second kappa shape index (κ2) is 4.45. The average molecular weight is 297 g/mol. The van der Waals surface area contributed by atoms with E-state index in [2.05, 4.69) is 15.9 Å². The fourth-order valence-corrected chi connectivity index (χ4v) is 3.44. The molecule has 0 unspecified atom stereocenters. The lowest BCUT2D eigenvalue weighted by molar-refractivity contribution is -0.143. The van der Waals surface area contributed by atoms with Crippen LogP contribution in [0.4, 0.5) is 0 Å². The predicted octanol–water partition coefficient (Wildman–Crippen LogP) is 3.96. The van der Waals surface area contributed by atoms with Crippen LogP contribution < -0.4 is 0 Å². The van der Waals surface area contributed by atoms with Crippen molar-refractivity contribution in [3.8, 4) is 0 Å². The summed E-state index contributed by atoms with van der Waals surface area (Å²) in [7, 11) is 0. The highest BCUT2D eigenvalue weighted by molar-refractivity contribution is 9.10. The number of carboxylic acids is 1. The lowest BCUT2D eigenvalue weighted by atomic mass is 9.75. The first-order valence-corrected chi connectivity index (χ1v) is 6.78. The van der Waals surface area contributed by atoms with Crippen LogP contribution in [0.1, 0.15) is 42.4 Å². The molecule has 0 atom stereocenters. The maximum absolute atomic E-state index is 11.7. The molecule has 0 saturated heterocycles. The molecule has 0 aromatic heterocycles. The minimum Gasteiger partial charge on any atom is -0.481 e. The second-order valence-electron chi connectivity index (χ2n) is 4.96. The Morgan fingerprint density at radius 1 is 1.29 bits per heavy atom. The summed E-state index contributed by atoms with van der Waals surface area (Å²) in [4.78, 5) is 11.7.